The Kier molecular flexibility index (Phi) is 5.50. The number of nitrogens with one attached hydrogen (secondary N) is 2. The zero-order valence-electron chi connectivity index (χ0n) is 17.9. The van der Waals surface area contributed by atoms with Gasteiger partial charge in [-0.1, -0.05) is 42.5 Å². The summed E-state index contributed by atoms with van der Waals surface area (Å²) < 4.78 is 5.48. The maximum absolute atomic E-state index is 12.8. The van der Waals surface area contributed by atoms with Crippen LogP contribution in [0.2, 0.25) is 0 Å². The lowest BCUT2D eigenvalue weighted by Gasteiger charge is -2.30. The van der Waals surface area contributed by atoms with Crippen molar-refractivity contribution in [2.24, 2.45) is 0 Å². The fourth-order valence-electron chi connectivity index (χ4n) is 3.51. The third-order valence-corrected chi connectivity index (χ3v) is 5.07. The third-order valence-electron chi connectivity index (χ3n) is 5.07. The van der Waals surface area contributed by atoms with Crippen LogP contribution in [0.3, 0.4) is 0 Å². The Labute approximate surface area is 181 Å². The molecule has 3 aromatic rings. The van der Waals surface area contributed by atoms with E-state index in [-0.39, 0.29) is 12.0 Å². The molecule has 0 atom stereocenters. The van der Waals surface area contributed by atoms with Gasteiger partial charge in [-0.05, 0) is 44.0 Å². The van der Waals surface area contributed by atoms with E-state index in [0.717, 1.165) is 22.4 Å². The summed E-state index contributed by atoms with van der Waals surface area (Å²) in [6.07, 6.45) is 0.261. The summed E-state index contributed by atoms with van der Waals surface area (Å²) in [7, 11) is 0. The molecule has 4 rings (SSSR count). The van der Waals surface area contributed by atoms with Crippen LogP contribution < -0.4 is 5.32 Å². The van der Waals surface area contributed by atoms with E-state index in [1.165, 1.54) is 0 Å². The topological polar surface area (TPSA) is 87.3 Å². The molecule has 1 aromatic heterocycles. The van der Waals surface area contributed by atoms with Gasteiger partial charge < -0.3 is 15.0 Å². The normalized spacial score (nSPS) is 13.5. The molecule has 160 valence electrons. The van der Waals surface area contributed by atoms with Crippen LogP contribution in [-0.2, 0) is 17.7 Å². The van der Waals surface area contributed by atoms with Crippen molar-refractivity contribution in [3.8, 4) is 11.1 Å². The number of rotatable bonds is 3. The fraction of sp³-hybridized carbons (Fsp3) is 0.292. The second-order valence-corrected chi connectivity index (χ2v) is 8.58. The molecule has 0 fully saturated rings. The number of ether oxygens (including phenoxy) is 1. The maximum atomic E-state index is 12.8. The van der Waals surface area contributed by atoms with Crippen LogP contribution >= 0.6 is 0 Å². The molecule has 0 radical (unpaired) electrons. The van der Waals surface area contributed by atoms with E-state index in [1.807, 2.05) is 63.2 Å². The number of hydrogen-bond donors (Lipinski definition) is 2. The quantitative estimate of drug-likeness (QED) is 0.650. The van der Waals surface area contributed by atoms with E-state index in [0.29, 0.717) is 30.9 Å². The van der Waals surface area contributed by atoms with Crippen molar-refractivity contribution in [1.82, 2.24) is 15.1 Å². The van der Waals surface area contributed by atoms with E-state index < -0.39 is 5.60 Å². The van der Waals surface area contributed by atoms with Crippen LogP contribution in [0.1, 0.15) is 42.4 Å². The van der Waals surface area contributed by atoms with Crippen molar-refractivity contribution in [3.63, 3.8) is 0 Å². The molecule has 0 saturated carbocycles. The number of carbonyl (C=O) groups is 2. The van der Waals surface area contributed by atoms with Gasteiger partial charge in [-0.3, -0.25) is 9.89 Å². The highest BCUT2D eigenvalue weighted by atomic mass is 16.6. The van der Waals surface area contributed by atoms with E-state index in [2.05, 4.69) is 15.5 Å². The lowest BCUT2D eigenvalue weighted by atomic mass is 10.0. The fourth-order valence-corrected chi connectivity index (χ4v) is 3.51. The zero-order valence-corrected chi connectivity index (χ0v) is 17.9. The molecule has 2 amide bonds. The van der Waals surface area contributed by atoms with Crippen molar-refractivity contribution in [1.29, 1.82) is 0 Å². The number of nitrogens with zero attached hydrogens (tertiary/aromatic N) is 2. The Morgan fingerprint density at radius 2 is 1.71 bits per heavy atom. The lowest BCUT2D eigenvalue weighted by molar-refractivity contribution is 0.0224. The van der Waals surface area contributed by atoms with Gasteiger partial charge in [-0.15, -0.1) is 0 Å². The van der Waals surface area contributed by atoms with E-state index in [1.54, 1.807) is 17.0 Å². The van der Waals surface area contributed by atoms with Gasteiger partial charge >= 0.3 is 6.09 Å². The Bertz CT molecular complexity index is 1080. The summed E-state index contributed by atoms with van der Waals surface area (Å²) in [4.78, 5) is 26.8. The first-order valence-electron chi connectivity index (χ1n) is 10.3. The average molecular weight is 418 g/mol. The number of fused-ring (bicyclic) bond motifs is 1. The van der Waals surface area contributed by atoms with Crippen LogP contribution in [0.25, 0.3) is 11.1 Å². The number of H-pyrrole nitrogens is 1. The monoisotopic (exact) mass is 418 g/mol. The highest BCUT2D eigenvalue weighted by Gasteiger charge is 2.29. The van der Waals surface area contributed by atoms with Gasteiger partial charge in [-0.2, -0.15) is 5.10 Å². The molecule has 0 unspecified atom stereocenters. The largest absolute Gasteiger partial charge is 0.444 e. The molecule has 2 aromatic carbocycles. The molecule has 31 heavy (non-hydrogen) atoms. The van der Waals surface area contributed by atoms with Crippen LogP contribution in [-0.4, -0.2) is 39.2 Å². The summed E-state index contributed by atoms with van der Waals surface area (Å²) in [5.41, 5.74) is 3.86. The smallest absolute Gasteiger partial charge is 0.410 e. The predicted octanol–water partition coefficient (Wildman–Crippen LogP) is 4.62. The van der Waals surface area contributed by atoms with Gasteiger partial charge in [0.25, 0.3) is 5.91 Å². The molecule has 1 aliphatic rings. The predicted molar refractivity (Wildman–Crippen MR) is 119 cm³/mol. The molecule has 2 N–H and O–H groups in total. The Morgan fingerprint density at radius 3 is 2.39 bits per heavy atom. The number of amides is 2. The second kappa shape index (κ2) is 8.26. The SMILES string of the molecule is CC(C)(C)OC(=O)N1CCc2[nH]nc(NC(=O)c3ccc(-c4ccccc4)cc3)c2C1. The minimum absolute atomic E-state index is 0.247. The molecule has 0 saturated heterocycles. The van der Waals surface area contributed by atoms with Crippen molar-refractivity contribution in [3.05, 3.63) is 71.4 Å². The molecule has 0 aliphatic carbocycles. The summed E-state index contributed by atoms with van der Waals surface area (Å²) >= 11 is 0. The third kappa shape index (κ3) is 4.77. The van der Waals surface area contributed by atoms with Crippen LogP contribution in [0.4, 0.5) is 10.6 Å². The zero-order chi connectivity index (χ0) is 22.0. The lowest BCUT2D eigenvalue weighted by Crippen LogP contribution is -2.40. The second-order valence-electron chi connectivity index (χ2n) is 8.58. The minimum atomic E-state index is -0.559. The minimum Gasteiger partial charge on any atom is -0.444 e. The van der Waals surface area contributed by atoms with Crippen LogP contribution in [0.15, 0.2) is 54.6 Å². The van der Waals surface area contributed by atoms with Crippen molar-refractivity contribution in [2.45, 2.75) is 39.3 Å². The Hall–Kier alpha value is -3.61. The number of aromatic amines is 1. The van der Waals surface area contributed by atoms with Crippen molar-refractivity contribution in [2.75, 3.05) is 11.9 Å². The van der Waals surface area contributed by atoms with Crippen LogP contribution in [0, 0.1) is 0 Å². The Morgan fingerprint density at radius 1 is 1.03 bits per heavy atom. The van der Waals surface area contributed by atoms with E-state index in [9.17, 15) is 9.59 Å². The van der Waals surface area contributed by atoms with Crippen LogP contribution in [0.5, 0.6) is 0 Å². The first-order valence-corrected chi connectivity index (χ1v) is 10.3. The average Bonchev–Trinajstić information content (AvgIpc) is 3.15. The van der Waals surface area contributed by atoms with Gasteiger partial charge in [-0.25, -0.2) is 4.79 Å². The number of hydrogen-bond acceptors (Lipinski definition) is 4. The first kappa shape index (κ1) is 20.7. The molecular weight excluding hydrogens is 392 g/mol. The summed E-state index contributed by atoms with van der Waals surface area (Å²) in [5, 5.41) is 10.1. The Balaban J connectivity index is 1.46. The summed E-state index contributed by atoms with van der Waals surface area (Å²) in [5.74, 6) is 0.198. The van der Waals surface area contributed by atoms with Crippen molar-refractivity contribution < 1.29 is 14.3 Å². The summed E-state index contributed by atoms with van der Waals surface area (Å²) in [6, 6.07) is 17.4. The highest BCUT2D eigenvalue weighted by Crippen LogP contribution is 2.26. The first-order chi connectivity index (χ1) is 14.8. The van der Waals surface area contributed by atoms with Gasteiger partial charge in [0.05, 0.1) is 6.54 Å². The molecule has 7 heteroatoms. The van der Waals surface area contributed by atoms with Crippen molar-refractivity contribution >= 4 is 17.8 Å². The van der Waals surface area contributed by atoms with Gasteiger partial charge in [0, 0.05) is 29.8 Å². The van der Waals surface area contributed by atoms with Gasteiger partial charge in [0.1, 0.15) is 5.60 Å². The number of benzene rings is 2. The molecule has 7 nitrogen and oxygen atoms in total. The van der Waals surface area contributed by atoms with E-state index >= 15 is 0 Å². The van der Waals surface area contributed by atoms with Gasteiger partial charge in [0.15, 0.2) is 5.82 Å². The standard InChI is InChI=1S/C24H26N4O3/c1-24(2,3)31-23(30)28-14-13-20-19(15-28)21(27-26-20)25-22(29)18-11-9-17(10-12-18)16-7-5-4-6-8-16/h4-12H,13-15H2,1-3H3,(H2,25,26,27,29). The van der Waals surface area contributed by atoms with Gasteiger partial charge in [0.2, 0.25) is 0 Å². The molecule has 0 bridgehead atoms. The highest BCUT2D eigenvalue weighted by molar-refractivity contribution is 6.04. The maximum Gasteiger partial charge on any atom is 0.410 e. The molecular formula is C24H26N4O3. The van der Waals surface area contributed by atoms with E-state index in [4.69, 9.17) is 4.74 Å². The number of anilines is 1. The number of aromatic nitrogens is 2. The molecule has 2 heterocycles. The molecule has 0 spiro atoms. The molecule has 1 aliphatic heterocycles. The number of carbonyl (C=O) groups excluding carboxylic acids is 2. The summed E-state index contributed by atoms with van der Waals surface area (Å²) in [6.45, 7) is 6.40.